The smallest absolute Gasteiger partial charge is 0.220 e. The van der Waals surface area contributed by atoms with Crippen molar-refractivity contribution in [1.82, 2.24) is 5.32 Å². The maximum atomic E-state index is 11.8. The fourth-order valence-electron chi connectivity index (χ4n) is 2.75. The summed E-state index contributed by atoms with van der Waals surface area (Å²) in [6, 6.07) is 10.0. The summed E-state index contributed by atoms with van der Waals surface area (Å²) in [5, 5.41) is 2.84. The van der Waals surface area contributed by atoms with Gasteiger partial charge in [-0.25, -0.2) is 8.42 Å². The van der Waals surface area contributed by atoms with Crippen LogP contribution in [0.15, 0.2) is 30.3 Å². The Morgan fingerprint density at radius 1 is 1.35 bits per heavy atom. The predicted octanol–water partition coefficient (Wildman–Crippen LogP) is 2.10. The van der Waals surface area contributed by atoms with E-state index in [1.54, 1.807) is 0 Å². The Balaban J connectivity index is 1.56. The highest BCUT2D eigenvalue weighted by Gasteiger charge is 2.29. The second-order valence-electron chi connectivity index (χ2n) is 6.10. The average molecular weight is 339 g/mol. The largest absolute Gasteiger partial charge is 0.374 e. The molecule has 23 heavy (non-hydrogen) atoms. The van der Waals surface area contributed by atoms with E-state index in [2.05, 4.69) is 5.32 Å². The zero-order chi connectivity index (χ0) is 16.7. The molecular weight excluding hydrogens is 314 g/mol. The maximum absolute atomic E-state index is 11.8. The molecule has 0 saturated carbocycles. The van der Waals surface area contributed by atoms with Crippen LogP contribution in [0.3, 0.4) is 0 Å². The molecule has 128 valence electrons. The fraction of sp³-hybridized carbons (Fsp3) is 0.588. The second kappa shape index (κ2) is 8.45. The molecule has 1 amide bonds. The summed E-state index contributed by atoms with van der Waals surface area (Å²) in [4.78, 5) is 11.8. The quantitative estimate of drug-likeness (QED) is 0.736. The minimum absolute atomic E-state index is 0.0191. The van der Waals surface area contributed by atoms with Crippen molar-refractivity contribution in [2.75, 3.05) is 24.7 Å². The van der Waals surface area contributed by atoms with Crippen LogP contribution in [0.2, 0.25) is 0 Å². The standard InChI is InChI=1S/C17H25NO4S/c1-14(16-6-3-2-4-7-16)22-10-5-9-18-17(19)12-15-8-11-23(20,21)13-15/h2-4,6-7,14-15H,5,8-13H2,1H3,(H,18,19). The number of carbonyl (C=O) groups excluding carboxylic acids is 1. The topological polar surface area (TPSA) is 72.5 Å². The van der Waals surface area contributed by atoms with Gasteiger partial charge in [-0.3, -0.25) is 4.79 Å². The number of hydrogen-bond acceptors (Lipinski definition) is 4. The number of carbonyl (C=O) groups is 1. The zero-order valence-electron chi connectivity index (χ0n) is 13.5. The van der Waals surface area contributed by atoms with Crippen LogP contribution >= 0.6 is 0 Å². The van der Waals surface area contributed by atoms with E-state index >= 15 is 0 Å². The molecule has 1 fully saturated rings. The van der Waals surface area contributed by atoms with Crippen molar-refractivity contribution >= 4 is 15.7 Å². The van der Waals surface area contributed by atoms with E-state index < -0.39 is 9.84 Å². The molecule has 0 aromatic heterocycles. The minimum atomic E-state index is -2.91. The number of rotatable bonds is 8. The lowest BCUT2D eigenvalue weighted by molar-refractivity contribution is -0.121. The third-order valence-corrected chi connectivity index (χ3v) is 5.92. The first-order valence-electron chi connectivity index (χ1n) is 8.10. The molecule has 0 radical (unpaired) electrons. The number of sulfone groups is 1. The average Bonchev–Trinajstić information content (AvgIpc) is 2.86. The molecular formula is C17H25NO4S. The van der Waals surface area contributed by atoms with Gasteiger partial charge in [-0.05, 0) is 31.2 Å². The van der Waals surface area contributed by atoms with Crippen molar-refractivity contribution in [1.29, 1.82) is 0 Å². The highest BCUT2D eigenvalue weighted by molar-refractivity contribution is 7.91. The zero-order valence-corrected chi connectivity index (χ0v) is 14.3. The third-order valence-electron chi connectivity index (χ3n) is 4.08. The van der Waals surface area contributed by atoms with E-state index in [1.807, 2.05) is 37.3 Å². The first-order valence-corrected chi connectivity index (χ1v) is 9.92. The molecule has 2 unspecified atom stereocenters. The Morgan fingerprint density at radius 3 is 2.74 bits per heavy atom. The minimum Gasteiger partial charge on any atom is -0.374 e. The van der Waals surface area contributed by atoms with Gasteiger partial charge in [0.15, 0.2) is 9.84 Å². The van der Waals surface area contributed by atoms with Gasteiger partial charge in [0.2, 0.25) is 5.91 Å². The third kappa shape index (κ3) is 6.31. The molecule has 6 heteroatoms. The van der Waals surface area contributed by atoms with E-state index in [-0.39, 0.29) is 29.4 Å². The highest BCUT2D eigenvalue weighted by Crippen LogP contribution is 2.21. The van der Waals surface area contributed by atoms with E-state index in [0.29, 0.717) is 26.0 Å². The molecule has 1 aliphatic rings. The Kier molecular flexibility index (Phi) is 6.59. The SMILES string of the molecule is CC(OCCCNC(=O)CC1CCS(=O)(=O)C1)c1ccccc1. The van der Waals surface area contributed by atoms with Crippen molar-refractivity contribution < 1.29 is 17.9 Å². The molecule has 1 N–H and O–H groups in total. The predicted molar refractivity (Wildman–Crippen MR) is 89.8 cm³/mol. The lowest BCUT2D eigenvalue weighted by Crippen LogP contribution is -2.27. The fourth-order valence-corrected chi connectivity index (χ4v) is 4.61. The molecule has 1 heterocycles. The Labute approximate surface area is 138 Å². The van der Waals surface area contributed by atoms with Crippen molar-refractivity contribution in [3.8, 4) is 0 Å². The second-order valence-corrected chi connectivity index (χ2v) is 8.33. The lowest BCUT2D eigenvalue weighted by atomic mass is 10.1. The number of benzene rings is 1. The molecule has 1 aliphatic heterocycles. The summed E-state index contributed by atoms with van der Waals surface area (Å²) in [5.74, 6) is 0.284. The van der Waals surface area contributed by atoms with E-state index in [1.165, 1.54) is 0 Å². The van der Waals surface area contributed by atoms with Gasteiger partial charge in [-0.15, -0.1) is 0 Å². The number of ether oxygens (including phenoxy) is 1. The molecule has 1 aromatic carbocycles. The summed E-state index contributed by atoms with van der Waals surface area (Å²) in [5.41, 5.74) is 1.14. The van der Waals surface area contributed by atoms with Gasteiger partial charge in [0, 0.05) is 19.6 Å². The van der Waals surface area contributed by atoms with Crippen LogP contribution < -0.4 is 5.32 Å². The summed E-state index contributed by atoms with van der Waals surface area (Å²) in [6.45, 7) is 3.14. The number of amides is 1. The summed E-state index contributed by atoms with van der Waals surface area (Å²) in [6.07, 6.45) is 1.69. The molecule has 0 bridgehead atoms. The Hall–Kier alpha value is -1.40. The normalized spacial score (nSPS) is 21.0. The molecule has 0 aliphatic carbocycles. The molecule has 0 spiro atoms. The number of nitrogens with one attached hydrogen (secondary N) is 1. The Bertz CT molecular complexity index is 600. The van der Waals surface area contributed by atoms with Gasteiger partial charge >= 0.3 is 0 Å². The van der Waals surface area contributed by atoms with Gasteiger partial charge in [-0.1, -0.05) is 30.3 Å². The van der Waals surface area contributed by atoms with Gasteiger partial charge in [0.25, 0.3) is 0 Å². The Morgan fingerprint density at radius 2 is 2.09 bits per heavy atom. The summed E-state index contributed by atoms with van der Waals surface area (Å²) in [7, 11) is -2.91. The van der Waals surface area contributed by atoms with Crippen molar-refractivity contribution in [3.05, 3.63) is 35.9 Å². The van der Waals surface area contributed by atoms with E-state index in [4.69, 9.17) is 4.74 Å². The molecule has 1 saturated heterocycles. The van der Waals surface area contributed by atoms with Gasteiger partial charge in [0.1, 0.15) is 0 Å². The van der Waals surface area contributed by atoms with E-state index in [9.17, 15) is 13.2 Å². The maximum Gasteiger partial charge on any atom is 0.220 e. The molecule has 2 rings (SSSR count). The van der Waals surface area contributed by atoms with Crippen molar-refractivity contribution in [3.63, 3.8) is 0 Å². The molecule has 2 atom stereocenters. The van der Waals surface area contributed by atoms with Crippen LogP contribution in [-0.2, 0) is 19.4 Å². The summed E-state index contributed by atoms with van der Waals surface area (Å²) >= 11 is 0. The first-order chi connectivity index (χ1) is 11.0. The van der Waals surface area contributed by atoms with Gasteiger partial charge in [-0.2, -0.15) is 0 Å². The van der Waals surface area contributed by atoms with Crippen LogP contribution in [-0.4, -0.2) is 39.0 Å². The van der Waals surface area contributed by atoms with Crippen molar-refractivity contribution in [2.45, 2.75) is 32.3 Å². The van der Waals surface area contributed by atoms with Crippen LogP contribution in [0.4, 0.5) is 0 Å². The van der Waals surface area contributed by atoms with Crippen LogP contribution in [0.25, 0.3) is 0 Å². The van der Waals surface area contributed by atoms with Crippen molar-refractivity contribution in [2.24, 2.45) is 5.92 Å². The van der Waals surface area contributed by atoms with Gasteiger partial charge < -0.3 is 10.1 Å². The molecule has 5 nitrogen and oxygen atoms in total. The van der Waals surface area contributed by atoms with E-state index in [0.717, 1.165) is 12.0 Å². The monoisotopic (exact) mass is 339 g/mol. The van der Waals surface area contributed by atoms with Crippen LogP contribution in [0.5, 0.6) is 0 Å². The van der Waals surface area contributed by atoms with Crippen LogP contribution in [0.1, 0.15) is 37.9 Å². The van der Waals surface area contributed by atoms with Gasteiger partial charge in [0.05, 0.1) is 17.6 Å². The lowest BCUT2D eigenvalue weighted by Gasteiger charge is -2.13. The number of hydrogen-bond donors (Lipinski definition) is 1. The molecule has 1 aromatic rings. The summed E-state index contributed by atoms with van der Waals surface area (Å²) < 4.78 is 28.4. The first kappa shape index (κ1) is 17.9. The van der Waals surface area contributed by atoms with Crippen LogP contribution in [0, 0.1) is 5.92 Å². The highest BCUT2D eigenvalue weighted by atomic mass is 32.2.